The normalized spacial score (nSPS) is 10.6. The first-order chi connectivity index (χ1) is 11.1. The van der Waals surface area contributed by atoms with E-state index in [0.717, 1.165) is 6.20 Å². The van der Waals surface area contributed by atoms with Gasteiger partial charge < -0.3 is 0 Å². The molecular formula is C15H11ClFN5O. The van der Waals surface area contributed by atoms with Crippen molar-refractivity contribution in [2.75, 3.05) is 11.9 Å². The van der Waals surface area contributed by atoms with Crippen LogP contribution in [0.5, 0.6) is 0 Å². The number of amides is 1. The molecule has 0 aliphatic carbocycles. The third kappa shape index (κ3) is 2.91. The van der Waals surface area contributed by atoms with Gasteiger partial charge in [-0.25, -0.2) is 14.1 Å². The van der Waals surface area contributed by atoms with Crippen LogP contribution in [0.3, 0.4) is 0 Å². The van der Waals surface area contributed by atoms with Gasteiger partial charge in [0.15, 0.2) is 5.69 Å². The van der Waals surface area contributed by atoms with Crippen molar-refractivity contribution in [3.63, 3.8) is 0 Å². The number of aromatic nitrogens is 4. The van der Waals surface area contributed by atoms with Crippen molar-refractivity contribution in [3.8, 4) is 5.69 Å². The number of pyridine rings is 1. The number of rotatable bonds is 3. The monoisotopic (exact) mass is 331 g/mol. The number of carbonyl (C=O) groups is 1. The largest absolute Gasteiger partial charge is 0.294 e. The van der Waals surface area contributed by atoms with Crippen LogP contribution in [0.2, 0.25) is 5.02 Å². The molecule has 23 heavy (non-hydrogen) atoms. The zero-order valence-corrected chi connectivity index (χ0v) is 12.8. The van der Waals surface area contributed by atoms with Crippen molar-refractivity contribution in [1.29, 1.82) is 0 Å². The summed E-state index contributed by atoms with van der Waals surface area (Å²) in [5, 5.41) is 8.13. The number of carbonyl (C=O) groups excluding carboxylic acids is 1. The third-order valence-corrected chi connectivity index (χ3v) is 3.53. The molecule has 0 atom stereocenters. The lowest BCUT2D eigenvalue weighted by Crippen LogP contribution is -2.29. The Morgan fingerprint density at radius 2 is 2.00 bits per heavy atom. The van der Waals surface area contributed by atoms with E-state index in [4.69, 9.17) is 11.6 Å². The molecule has 0 radical (unpaired) electrons. The Morgan fingerprint density at radius 3 is 2.70 bits per heavy atom. The number of hydrogen-bond acceptors (Lipinski definition) is 4. The molecule has 2 heterocycles. The van der Waals surface area contributed by atoms with E-state index in [1.54, 1.807) is 24.3 Å². The van der Waals surface area contributed by atoms with Crippen molar-refractivity contribution in [3.05, 3.63) is 65.3 Å². The zero-order valence-electron chi connectivity index (χ0n) is 12.0. The average Bonchev–Trinajstić information content (AvgIpc) is 3.04. The van der Waals surface area contributed by atoms with Gasteiger partial charge in [-0.3, -0.25) is 9.69 Å². The fourth-order valence-corrected chi connectivity index (χ4v) is 2.24. The van der Waals surface area contributed by atoms with Gasteiger partial charge in [0.25, 0.3) is 5.91 Å². The van der Waals surface area contributed by atoms with E-state index in [0.29, 0.717) is 16.5 Å². The summed E-state index contributed by atoms with van der Waals surface area (Å²) in [6.07, 6.45) is 2.38. The van der Waals surface area contributed by atoms with E-state index in [2.05, 4.69) is 15.3 Å². The minimum Gasteiger partial charge on any atom is -0.294 e. The second-order valence-corrected chi connectivity index (χ2v) is 5.09. The van der Waals surface area contributed by atoms with Crippen molar-refractivity contribution in [2.24, 2.45) is 0 Å². The fourth-order valence-electron chi connectivity index (χ4n) is 2.02. The molecule has 0 N–H and O–H groups in total. The van der Waals surface area contributed by atoms with Crippen LogP contribution in [0, 0.1) is 5.82 Å². The summed E-state index contributed by atoms with van der Waals surface area (Å²) in [5.74, 6) is -0.560. The number of hydrogen-bond donors (Lipinski definition) is 0. The standard InChI is InChI=1S/C15H11ClFN5O/c1-21(14-7-6-10(17)8-18-14)15(23)13-9-19-20-22(13)12-5-3-2-4-11(12)16/h2-9H,1H3. The molecule has 0 bridgehead atoms. The summed E-state index contributed by atoms with van der Waals surface area (Å²) in [6.45, 7) is 0. The molecule has 0 aliphatic heterocycles. The molecule has 1 amide bonds. The van der Waals surface area contributed by atoms with Crippen LogP contribution in [-0.2, 0) is 0 Å². The SMILES string of the molecule is CN(C(=O)c1cnnn1-c1ccccc1Cl)c1ccc(F)cn1. The number of nitrogens with zero attached hydrogens (tertiary/aromatic N) is 5. The van der Waals surface area contributed by atoms with Gasteiger partial charge in [0.2, 0.25) is 0 Å². The third-order valence-electron chi connectivity index (χ3n) is 3.21. The molecule has 3 rings (SSSR count). The van der Waals surface area contributed by atoms with E-state index >= 15 is 0 Å². The van der Waals surface area contributed by atoms with Gasteiger partial charge in [0, 0.05) is 7.05 Å². The van der Waals surface area contributed by atoms with Crippen molar-refractivity contribution >= 4 is 23.3 Å². The van der Waals surface area contributed by atoms with Crippen LogP contribution in [0.15, 0.2) is 48.8 Å². The van der Waals surface area contributed by atoms with Gasteiger partial charge in [0.1, 0.15) is 11.6 Å². The van der Waals surface area contributed by atoms with Crippen LogP contribution in [0.1, 0.15) is 10.5 Å². The summed E-state index contributed by atoms with van der Waals surface area (Å²) in [7, 11) is 1.53. The summed E-state index contributed by atoms with van der Waals surface area (Å²) in [4.78, 5) is 17.8. The Labute approximate surface area is 136 Å². The second kappa shape index (κ2) is 6.13. The Morgan fingerprint density at radius 1 is 1.22 bits per heavy atom. The number of benzene rings is 1. The van der Waals surface area contributed by atoms with Crippen LogP contribution >= 0.6 is 11.6 Å². The highest BCUT2D eigenvalue weighted by Crippen LogP contribution is 2.21. The molecule has 0 saturated heterocycles. The van der Waals surface area contributed by atoms with Crippen molar-refractivity contribution in [2.45, 2.75) is 0 Å². The molecule has 0 unspecified atom stereocenters. The van der Waals surface area contributed by atoms with Crippen LogP contribution in [0.25, 0.3) is 5.69 Å². The first kappa shape index (κ1) is 15.1. The quantitative estimate of drug-likeness (QED) is 0.740. The molecule has 0 saturated carbocycles. The number of anilines is 1. The number of para-hydroxylation sites is 1. The lowest BCUT2D eigenvalue weighted by Gasteiger charge is -2.16. The molecule has 0 aliphatic rings. The predicted molar refractivity (Wildman–Crippen MR) is 83.3 cm³/mol. The maximum Gasteiger partial charge on any atom is 0.279 e. The fraction of sp³-hybridized carbons (Fsp3) is 0.0667. The van der Waals surface area contributed by atoms with E-state index < -0.39 is 11.7 Å². The van der Waals surface area contributed by atoms with Crippen LogP contribution in [-0.4, -0.2) is 32.9 Å². The highest BCUT2D eigenvalue weighted by atomic mass is 35.5. The average molecular weight is 332 g/mol. The molecule has 116 valence electrons. The van der Waals surface area contributed by atoms with E-state index in [9.17, 15) is 9.18 Å². The molecular weight excluding hydrogens is 321 g/mol. The molecule has 1 aromatic carbocycles. The van der Waals surface area contributed by atoms with Gasteiger partial charge in [-0.05, 0) is 24.3 Å². The molecule has 8 heteroatoms. The summed E-state index contributed by atoms with van der Waals surface area (Å²) < 4.78 is 14.3. The van der Waals surface area contributed by atoms with E-state index in [1.807, 2.05) is 0 Å². The first-order valence-corrected chi connectivity index (χ1v) is 7.01. The van der Waals surface area contributed by atoms with Crippen molar-refractivity contribution < 1.29 is 9.18 Å². The molecule has 6 nitrogen and oxygen atoms in total. The smallest absolute Gasteiger partial charge is 0.279 e. The highest BCUT2D eigenvalue weighted by Gasteiger charge is 2.21. The van der Waals surface area contributed by atoms with Gasteiger partial charge in [-0.15, -0.1) is 5.10 Å². The first-order valence-electron chi connectivity index (χ1n) is 6.63. The lowest BCUT2D eigenvalue weighted by molar-refractivity contribution is 0.0985. The zero-order chi connectivity index (χ0) is 16.4. The molecule has 3 aromatic rings. The van der Waals surface area contributed by atoms with Gasteiger partial charge in [-0.1, -0.05) is 28.9 Å². The summed E-state index contributed by atoms with van der Waals surface area (Å²) >= 11 is 6.14. The van der Waals surface area contributed by atoms with Gasteiger partial charge in [-0.2, -0.15) is 0 Å². The van der Waals surface area contributed by atoms with E-state index in [-0.39, 0.29) is 5.69 Å². The molecule has 0 fully saturated rings. The Bertz CT molecular complexity index is 849. The van der Waals surface area contributed by atoms with Crippen LogP contribution in [0.4, 0.5) is 10.2 Å². The summed E-state index contributed by atoms with van der Waals surface area (Å²) in [5.41, 5.74) is 0.752. The molecule has 2 aromatic heterocycles. The number of halogens is 2. The lowest BCUT2D eigenvalue weighted by atomic mass is 10.3. The second-order valence-electron chi connectivity index (χ2n) is 4.68. The van der Waals surface area contributed by atoms with Gasteiger partial charge >= 0.3 is 0 Å². The Kier molecular flexibility index (Phi) is 4.03. The maximum atomic E-state index is 12.9. The van der Waals surface area contributed by atoms with Gasteiger partial charge in [0.05, 0.1) is 23.1 Å². The summed E-state index contributed by atoms with van der Waals surface area (Å²) in [6, 6.07) is 9.62. The molecule has 0 spiro atoms. The topological polar surface area (TPSA) is 63.9 Å². The maximum absolute atomic E-state index is 12.9. The Hall–Kier alpha value is -2.80. The highest BCUT2D eigenvalue weighted by molar-refractivity contribution is 6.32. The minimum absolute atomic E-state index is 0.215. The van der Waals surface area contributed by atoms with Crippen LogP contribution < -0.4 is 4.90 Å². The Balaban J connectivity index is 1.97. The minimum atomic E-state index is -0.475. The predicted octanol–water partition coefficient (Wildman–Crippen LogP) is 2.73. The van der Waals surface area contributed by atoms with E-state index in [1.165, 1.54) is 35.0 Å². The van der Waals surface area contributed by atoms with Crippen molar-refractivity contribution in [1.82, 2.24) is 20.0 Å².